The number of anilines is 1. The van der Waals surface area contributed by atoms with Crippen LogP contribution < -0.4 is 5.73 Å². The Hall–Kier alpha value is -1.71. The summed E-state index contributed by atoms with van der Waals surface area (Å²) in [4.78, 5) is 18.2. The van der Waals surface area contributed by atoms with Gasteiger partial charge in [0.25, 0.3) is 16.1 Å². The molecule has 0 unspecified atom stereocenters. The summed E-state index contributed by atoms with van der Waals surface area (Å²) in [6, 6.07) is 3.25. The van der Waals surface area contributed by atoms with Crippen LogP contribution in [0.5, 0.6) is 0 Å². The van der Waals surface area contributed by atoms with Gasteiger partial charge in [-0.1, -0.05) is 6.42 Å². The lowest BCUT2D eigenvalue weighted by Gasteiger charge is -2.31. The Balaban J connectivity index is 1.65. The summed E-state index contributed by atoms with van der Waals surface area (Å²) >= 11 is 0. The van der Waals surface area contributed by atoms with Gasteiger partial charge in [0, 0.05) is 45.5 Å². The van der Waals surface area contributed by atoms with E-state index in [0.29, 0.717) is 57.1 Å². The Labute approximate surface area is 148 Å². The van der Waals surface area contributed by atoms with Crippen molar-refractivity contribution in [2.24, 2.45) is 0 Å². The Kier molecular flexibility index (Phi) is 5.55. The maximum Gasteiger partial charge on any atom is 0.282 e. The van der Waals surface area contributed by atoms with E-state index in [-0.39, 0.29) is 5.91 Å². The van der Waals surface area contributed by atoms with Gasteiger partial charge in [0.2, 0.25) is 0 Å². The van der Waals surface area contributed by atoms with E-state index in [1.807, 2.05) is 0 Å². The van der Waals surface area contributed by atoms with E-state index in [0.717, 1.165) is 19.3 Å². The second-order valence-corrected chi connectivity index (χ2v) is 8.41. The Morgan fingerprint density at radius 3 is 2.28 bits per heavy atom. The molecule has 0 bridgehead atoms. The number of pyridine rings is 1. The highest BCUT2D eigenvalue weighted by molar-refractivity contribution is 7.86. The average molecular weight is 367 g/mol. The van der Waals surface area contributed by atoms with Crippen LogP contribution in [0.3, 0.4) is 0 Å². The maximum atomic E-state index is 12.8. The van der Waals surface area contributed by atoms with E-state index in [1.54, 1.807) is 21.3 Å². The second-order valence-electron chi connectivity index (χ2n) is 6.48. The third kappa shape index (κ3) is 4.10. The zero-order valence-corrected chi connectivity index (χ0v) is 15.1. The molecule has 138 valence electrons. The molecule has 0 atom stereocenters. The molecule has 2 aliphatic rings. The first-order chi connectivity index (χ1) is 12.0. The largest absolute Gasteiger partial charge is 0.384 e. The molecule has 2 saturated heterocycles. The van der Waals surface area contributed by atoms with Crippen LogP contribution in [-0.2, 0) is 10.2 Å². The molecular formula is C16H25N5O3S. The van der Waals surface area contributed by atoms with Crippen molar-refractivity contribution in [2.75, 3.05) is 45.0 Å². The molecule has 0 aromatic carbocycles. The summed E-state index contributed by atoms with van der Waals surface area (Å²) in [5, 5.41) is 0. The predicted octanol–water partition coefficient (Wildman–Crippen LogP) is 0.542. The number of piperidine rings is 1. The Bertz CT molecular complexity index is 701. The van der Waals surface area contributed by atoms with Crippen molar-refractivity contribution < 1.29 is 13.2 Å². The van der Waals surface area contributed by atoms with Crippen molar-refractivity contribution in [3.8, 4) is 0 Å². The molecule has 9 heteroatoms. The molecule has 3 heterocycles. The fraction of sp³-hybridized carbons (Fsp3) is 0.625. The number of nitrogens with two attached hydrogens (primary N) is 1. The molecule has 2 N–H and O–H groups in total. The number of aromatic nitrogens is 1. The second kappa shape index (κ2) is 7.67. The van der Waals surface area contributed by atoms with Crippen molar-refractivity contribution in [2.45, 2.75) is 25.7 Å². The molecule has 3 rings (SSSR count). The van der Waals surface area contributed by atoms with Crippen LogP contribution in [0.1, 0.15) is 36.0 Å². The van der Waals surface area contributed by atoms with Gasteiger partial charge in [-0.15, -0.1) is 0 Å². The Morgan fingerprint density at radius 1 is 0.920 bits per heavy atom. The zero-order valence-electron chi connectivity index (χ0n) is 14.3. The lowest BCUT2D eigenvalue weighted by atomic mass is 10.2. The fourth-order valence-electron chi connectivity index (χ4n) is 3.30. The number of hydrogen-bond acceptors (Lipinski definition) is 5. The molecule has 2 fully saturated rings. The smallest absolute Gasteiger partial charge is 0.282 e. The van der Waals surface area contributed by atoms with E-state index < -0.39 is 10.2 Å². The third-order valence-electron chi connectivity index (χ3n) is 4.74. The number of rotatable bonds is 3. The summed E-state index contributed by atoms with van der Waals surface area (Å²) < 4.78 is 28.7. The summed E-state index contributed by atoms with van der Waals surface area (Å²) in [6.07, 6.45) is 5.01. The average Bonchev–Trinajstić information content (AvgIpc) is 2.89. The maximum absolute atomic E-state index is 12.8. The SMILES string of the molecule is Nc1ccc(C(=O)N2CCCN(S(=O)(=O)N3CCCCC3)CC2)cn1. The first-order valence-electron chi connectivity index (χ1n) is 8.74. The molecule has 2 aliphatic heterocycles. The number of hydrogen-bond donors (Lipinski definition) is 1. The van der Waals surface area contributed by atoms with E-state index in [9.17, 15) is 13.2 Å². The lowest BCUT2D eigenvalue weighted by Crippen LogP contribution is -2.47. The molecule has 0 saturated carbocycles. The number of carbonyl (C=O) groups is 1. The molecular weight excluding hydrogens is 342 g/mol. The van der Waals surface area contributed by atoms with Crippen molar-refractivity contribution in [3.63, 3.8) is 0 Å². The predicted molar refractivity (Wildman–Crippen MR) is 95.1 cm³/mol. The number of nitrogens with zero attached hydrogens (tertiary/aromatic N) is 4. The van der Waals surface area contributed by atoms with Gasteiger partial charge in [-0.3, -0.25) is 4.79 Å². The van der Waals surface area contributed by atoms with E-state index in [2.05, 4.69) is 4.98 Å². The van der Waals surface area contributed by atoms with E-state index in [4.69, 9.17) is 5.73 Å². The molecule has 8 nitrogen and oxygen atoms in total. The highest BCUT2D eigenvalue weighted by Gasteiger charge is 2.32. The van der Waals surface area contributed by atoms with Gasteiger partial charge in [0.15, 0.2) is 0 Å². The minimum absolute atomic E-state index is 0.135. The third-order valence-corrected chi connectivity index (χ3v) is 6.78. The lowest BCUT2D eigenvalue weighted by molar-refractivity contribution is 0.0763. The molecule has 0 aliphatic carbocycles. The van der Waals surface area contributed by atoms with Gasteiger partial charge in [-0.2, -0.15) is 17.0 Å². The quantitative estimate of drug-likeness (QED) is 0.841. The van der Waals surface area contributed by atoms with E-state index >= 15 is 0 Å². The summed E-state index contributed by atoms with van der Waals surface area (Å²) in [5.74, 6) is 0.232. The fourth-order valence-corrected chi connectivity index (χ4v) is 5.02. The summed E-state index contributed by atoms with van der Waals surface area (Å²) in [6.45, 7) is 2.89. The van der Waals surface area contributed by atoms with Crippen LogP contribution >= 0.6 is 0 Å². The van der Waals surface area contributed by atoms with Crippen molar-refractivity contribution in [1.29, 1.82) is 0 Å². The topological polar surface area (TPSA) is 99.8 Å². The number of nitrogen functional groups attached to an aromatic ring is 1. The van der Waals surface area contributed by atoms with Crippen LogP contribution in [0.15, 0.2) is 18.3 Å². The van der Waals surface area contributed by atoms with Gasteiger partial charge in [-0.05, 0) is 31.4 Å². The Morgan fingerprint density at radius 2 is 1.60 bits per heavy atom. The number of amides is 1. The standard InChI is InChI=1S/C16H25N5O3S/c17-15-6-5-14(13-18-15)16(22)19-7-4-10-21(12-11-19)25(23,24)20-8-2-1-3-9-20/h5-6,13H,1-4,7-12H2,(H2,17,18). The minimum Gasteiger partial charge on any atom is -0.384 e. The van der Waals surface area contributed by atoms with Crippen molar-refractivity contribution in [1.82, 2.24) is 18.5 Å². The highest BCUT2D eigenvalue weighted by Crippen LogP contribution is 2.18. The van der Waals surface area contributed by atoms with Gasteiger partial charge < -0.3 is 10.6 Å². The van der Waals surface area contributed by atoms with Crippen LogP contribution in [0.25, 0.3) is 0 Å². The van der Waals surface area contributed by atoms with E-state index in [1.165, 1.54) is 10.5 Å². The molecule has 1 amide bonds. The zero-order chi connectivity index (χ0) is 17.9. The van der Waals surface area contributed by atoms with Gasteiger partial charge in [-0.25, -0.2) is 4.98 Å². The summed E-state index contributed by atoms with van der Waals surface area (Å²) in [5.41, 5.74) is 6.03. The van der Waals surface area contributed by atoms with Crippen LogP contribution in [0, 0.1) is 0 Å². The monoisotopic (exact) mass is 367 g/mol. The van der Waals surface area contributed by atoms with Gasteiger partial charge in [0.05, 0.1) is 5.56 Å². The molecule has 1 aromatic heterocycles. The number of carbonyl (C=O) groups excluding carboxylic acids is 1. The van der Waals surface area contributed by atoms with Crippen LogP contribution in [0.2, 0.25) is 0 Å². The highest BCUT2D eigenvalue weighted by atomic mass is 32.2. The van der Waals surface area contributed by atoms with Crippen molar-refractivity contribution >= 4 is 21.9 Å². The normalized spacial score (nSPS) is 21.0. The minimum atomic E-state index is -3.43. The molecule has 25 heavy (non-hydrogen) atoms. The molecule has 0 spiro atoms. The van der Waals surface area contributed by atoms with Crippen molar-refractivity contribution in [3.05, 3.63) is 23.9 Å². The van der Waals surface area contributed by atoms with Gasteiger partial charge >= 0.3 is 0 Å². The first kappa shape index (κ1) is 18.1. The van der Waals surface area contributed by atoms with Crippen LogP contribution in [-0.4, -0.2) is 72.1 Å². The van der Waals surface area contributed by atoms with Crippen LogP contribution in [0.4, 0.5) is 5.82 Å². The molecule has 0 radical (unpaired) electrons. The summed E-state index contributed by atoms with van der Waals surface area (Å²) in [7, 11) is -3.43. The molecule has 1 aromatic rings. The first-order valence-corrected chi connectivity index (χ1v) is 10.1. The van der Waals surface area contributed by atoms with Gasteiger partial charge in [0.1, 0.15) is 5.82 Å².